The van der Waals surface area contributed by atoms with Gasteiger partial charge in [0.05, 0.1) is 11.0 Å². The van der Waals surface area contributed by atoms with Crippen LogP contribution in [0.15, 0.2) is 0 Å². The van der Waals surface area contributed by atoms with Crippen LogP contribution in [0.25, 0.3) is 0 Å². The Morgan fingerprint density at radius 3 is 2.24 bits per heavy atom. The summed E-state index contributed by atoms with van der Waals surface area (Å²) in [4.78, 5) is 3.08. The molecule has 2 atom stereocenters. The molecule has 0 aromatic carbocycles. The molecular formula is C12H22BrNO2S. The fraction of sp³-hybridized carbons (Fsp3) is 1.00. The lowest BCUT2D eigenvalue weighted by molar-refractivity contribution is 0.155. The van der Waals surface area contributed by atoms with Crippen LogP contribution in [0, 0.1) is 0 Å². The first kappa shape index (κ1) is 13.8. The Bertz CT molecular complexity index is 355. The molecule has 2 fully saturated rings. The van der Waals surface area contributed by atoms with Gasteiger partial charge in [0.25, 0.3) is 0 Å². The monoisotopic (exact) mass is 323 g/mol. The first-order valence-corrected chi connectivity index (χ1v) is 9.14. The second-order valence-electron chi connectivity index (χ2n) is 5.61. The second-order valence-corrected chi connectivity index (χ2v) is 9.58. The fourth-order valence-corrected chi connectivity index (χ4v) is 4.84. The van der Waals surface area contributed by atoms with Gasteiger partial charge >= 0.3 is 0 Å². The number of alkyl halides is 1. The second kappa shape index (κ2) is 5.17. The molecule has 2 saturated heterocycles. The molecule has 2 bridgehead atoms. The Kier molecular flexibility index (Phi) is 4.20. The molecule has 0 aromatic heterocycles. The van der Waals surface area contributed by atoms with Crippen molar-refractivity contribution < 1.29 is 8.42 Å². The minimum Gasteiger partial charge on any atom is -0.296 e. The van der Waals surface area contributed by atoms with Crippen molar-refractivity contribution in [3.05, 3.63) is 0 Å². The molecule has 3 nitrogen and oxygen atoms in total. The van der Waals surface area contributed by atoms with E-state index in [9.17, 15) is 8.42 Å². The van der Waals surface area contributed by atoms with Gasteiger partial charge in [0.15, 0.2) is 9.84 Å². The molecule has 0 saturated carbocycles. The lowest BCUT2D eigenvalue weighted by atomic mass is 10.0. The number of rotatable bonds is 4. The molecule has 2 aliphatic heterocycles. The summed E-state index contributed by atoms with van der Waals surface area (Å²) in [6, 6.07) is 1.22. The average Bonchev–Trinajstić information content (AvgIpc) is 2.47. The van der Waals surface area contributed by atoms with Gasteiger partial charge < -0.3 is 0 Å². The normalized spacial score (nSPS) is 34.5. The highest BCUT2D eigenvalue weighted by molar-refractivity contribution is 9.09. The summed E-state index contributed by atoms with van der Waals surface area (Å²) in [5.74, 6) is 0.324. The van der Waals surface area contributed by atoms with E-state index in [1.54, 1.807) is 13.8 Å². The summed E-state index contributed by atoms with van der Waals surface area (Å²) in [6.07, 6.45) is 4.85. The number of nitrogens with zero attached hydrogens (tertiary/aromatic N) is 1. The predicted molar refractivity (Wildman–Crippen MR) is 74.4 cm³/mol. The number of fused-ring (bicyclic) bond motifs is 2. The maximum atomic E-state index is 11.8. The molecule has 5 heteroatoms. The van der Waals surface area contributed by atoms with Crippen molar-refractivity contribution in [3.8, 4) is 0 Å². The first-order chi connectivity index (χ1) is 7.90. The van der Waals surface area contributed by atoms with Gasteiger partial charge in [-0.3, -0.25) is 4.90 Å². The van der Waals surface area contributed by atoms with E-state index < -0.39 is 9.84 Å². The van der Waals surface area contributed by atoms with Crippen LogP contribution in [-0.4, -0.2) is 47.8 Å². The molecule has 0 spiro atoms. The molecule has 2 rings (SSSR count). The molecule has 17 heavy (non-hydrogen) atoms. The number of hydrogen-bond acceptors (Lipinski definition) is 3. The van der Waals surface area contributed by atoms with Crippen molar-refractivity contribution in [2.24, 2.45) is 0 Å². The molecule has 0 N–H and O–H groups in total. The smallest absolute Gasteiger partial charge is 0.153 e. The molecule has 100 valence electrons. The van der Waals surface area contributed by atoms with Gasteiger partial charge in [-0.1, -0.05) is 15.9 Å². The quantitative estimate of drug-likeness (QED) is 0.744. The summed E-state index contributed by atoms with van der Waals surface area (Å²) in [6.45, 7) is 4.28. The lowest BCUT2D eigenvalue weighted by Gasteiger charge is -2.37. The maximum Gasteiger partial charge on any atom is 0.153 e. The van der Waals surface area contributed by atoms with Crippen molar-refractivity contribution in [1.82, 2.24) is 4.90 Å². The SMILES string of the molecule is CC(C)S(=O)(=O)CCN1C2CCC1CC(Br)C2. The van der Waals surface area contributed by atoms with Gasteiger partial charge in [-0.25, -0.2) is 8.42 Å². The minimum atomic E-state index is -2.88. The van der Waals surface area contributed by atoms with Crippen molar-refractivity contribution in [3.63, 3.8) is 0 Å². The third-order valence-electron chi connectivity index (χ3n) is 4.18. The van der Waals surface area contributed by atoms with Crippen LogP contribution in [-0.2, 0) is 9.84 Å². The Morgan fingerprint density at radius 2 is 1.76 bits per heavy atom. The van der Waals surface area contributed by atoms with Crippen LogP contribution >= 0.6 is 15.9 Å². The number of halogens is 1. The van der Waals surface area contributed by atoms with Crippen LogP contribution in [0.3, 0.4) is 0 Å². The number of piperidine rings is 1. The molecular weight excluding hydrogens is 302 g/mol. The fourth-order valence-electron chi connectivity index (χ4n) is 3.04. The Morgan fingerprint density at radius 1 is 1.24 bits per heavy atom. The molecule has 2 aliphatic rings. The van der Waals surface area contributed by atoms with E-state index in [4.69, 9.17) is 0 Å². The van der Waals surface area contributed by atoms with Crippen molar-refractivity contribution >= 4 is 25.8 Å². The van der Waals surface area contributed by atoms with E-state index in [-0.39, 0.29) is 5.25 Å². The van der Waals surface area contributed by atoms with Crippen molar-refractivity contribution in [2.75, 3.05) is 12.3 Å². The zero-order chi connectivity index (χ0) is 12.6. The van der Waals surface area contributed by atoms with E-state index in [2.05, 4.69) is 20.8 Å². The summed E-state index contributed by atoms with van der Waals surface area (Å²) in [5.41, 5.74) is 0. The summed E-state index contributed by atoms with van der Waals surface area (Å²) < 4.78 is 23.7. The minimum absolute atomic E-state index is 0.242. The van der Waals surface area contributed by atoms with Gasteiger partial charge in [-0.2, -0.15) is 0 Å². The lowest BCUT2D eigenvalue weighted by Crippen LogP contribution is -2.45. The molecule has 2 unspecified atom stereocenters. The molecule has 0 aliphatic carbocycles. The van der Waals surface area contributed by atoms with Gasteiger partial charge in [-0.15, -0.1) is 0 Å². The predicted octanol–water partition coefficient (Wildman–Crippen LogP) is 2.20. The Hall–Kier alpha value is 0.390. The highest BCUT2D eigenvalue weighted by atomic mass is 79.9. The van der Waals surface area contributed by atoms with Crippen LogP contribution in [0.5, 0.6) is 0 Å². The summed E-state index contributed by atoms with van der Waals surface area (Å²) >= 11 is 3.71. The molecule has 0 amide bonds. The summed E-state index contributed by atoms with van der Waals surface area (Å²) in [7, 11) is -2.88. The Labute approximate surface area is 113 Å². The molecule has 0 radical (unpaired) electrons. The zero-order valence-corrected chi connectivity index (χ0v) is 13.0. The topological polar surface area (TPSA) is 37.4 Å². The third-order valence-corrected chi connectivity index (χ3v) is 7.11. The molecule has 2 heterocycles. The number of hydrogen-bond donors (Lipinski definition) is 0. The zero-order valence-electron chi connectivity index (χ0n) is 10.6. The highest BCUT2D eigenvalue weighted by Crippen LogP contribution is 2.38. The van der Waals surface area contributed by atoms with Gasteiger partial charge in [-0.05, 0) is 39.5 Å². The van der Waals surface area contributed by atoms with Crippen molar-refractivity contribution in [2.45, 2.75) is 61.7 Å². The maximum absolute atomic E-state index is 11.8. The van der Waals surface area contributed by atoms with Gasteiger partial charge in [0.2, 0.25) is 0 Å². The van der Waals surface area contributed by atoms with E-state index in [1.165, 1.54) is 25.7 Å². The number of sulfone groups is 1. The third kappa shape index (κ3) is 3.04. The summed E-state index contributed by atoms with van der Waals surface area (Å²) in [5, 5.41) is -0.242. The van der Waals surface area contributed by atoms with E-state index in [0.717, 1.165) is 6.54 Å². The van der Waals surface area contributed by atoms with E-state index in [1.807, 2.05) is 0 Å². The van der Waals surface area contributed by atoms with Crippen LogP contribution in [0.1, 0.15) is 39.5 Å². The molecule has 0 aromatic rings. The largest absolute Gasteiger partial charge is 0.296 e. The van der Waals surface area contributed by atoms with E-state index in [0.29, 0.717) is 22.7 Å². The van der Waals surface area contributed by atoms with Gasteiger partial charge in [0, 0.05) is 23.5 Å². The first-order valence-electron chi connectivity index (χ1n) is 6.51. The highest BCUT2D eigenvalue weighted by Gasteiger charge is 2.40. The van der Waals surface area contributed by atoms with E-state index >= 15 is 0 Å². The van der Waals surface area contributed by atoms with Gasteiger partial charge in [0.1, 0.15) is 0 Å². The average molecular weight is 324 g/mol. The Balaban J connectivity index is 1.93. The van der Waals surface area contributed by atoms with Crippen LogP contribution in [0.2, 0.25) is 0 Å². The van der Waals surface area contributed by atoms with Crippen molar-refractivity contribution in [1.29, 1.82) is 0 Å². The van der Waals surface area contributed by atoms with Crippen LogP contribution < -0.4 is 0 Å². The standard InChI is InChI=1S/C12H22BrNO2S/c1-9(2)17(15,16)6-5-14-11-3-4-12(14)8-10(13)7-11/h9-12H,3-8H2,1-2H3. The van der Waals surface area contributed by atoms with Crippen LogP contribution in [0.4, 0.5) is 0 Å².